The molecule has 9 nitrogen and oxygen atoms in total. The first kappa shape index (κ1) is 34.1. The smallest absolute Gasteiger partial charge is 0.265 e. The molecule has 4 aliphatic carbocycles. The van der Waals surface area contributed by atoms with E-state index in [0.29, 0.717) is 48.2 Å². The molecule has 0 bridgehead atoms. The molecule has 10 heteroatoms. The summed E-state index contributed by atoms with van der Waals surface area (Å²) in [5, 5.41) is 36.6. The van der Waals surface area contributed by atoms with Crippen molar-refractivity contribution < 1.29 is 37.6 Å². The van der Waals surface area contributed by atoms with Gasteiger partial charge in [-0.1, -0.05) is 20.8 Å². The molecule has 4 rings (SSSR count). The van der Waals surface area contributed by atoms with E-state index in [4.69, 9.17) is 4.55 Å². The molecule has 0 saturated heterocycles. The lowest BCUT2D eigenvalue weighted by atomic mass is 9.43. The minimum absolute atomic E-state index is 0.0450. The monoisotopic (exact) mass is 615 g/mol. The summed E-state index contributed by atoms with van der Waals surface area (Å²) in [4.78, 5) is 12.7. The quantitative estimate of drug-likeness (QED) is 0.129. The van der Waals surface area contributed by atoms with E-state index in [1.807, 2.05) is 14.1 Å². The van der Waals surface area contributed by atoms with E-state index in [9.17, 15) is 28.5 Å². The number of aliphatic hydroxyl groups is 3. The Morgan fingerprint density at radius 1 is 1.00 bits per heavy atom. The maximum atomic E-state index is 12.7. The van der Waals surface area contributed by atoms with Crippen molar-refractivity contribution >= 4 is 16.0 Å². The highest BCUT2D eigenvalue weighted by Crippen LogP contribution is 2.68. The summed E-state index contributed by atoms with van der Waals surface area (Å²) in [6, 6.07) is 0. The van der Waals surface area contributed by atoms with E-state index in [-0.39, 0.29) is 52.5 Å². The van der Waals surface area contributed by atoms with Crippen molar-refractivity contribution in [2.24, 2.45) is 46.3 Å². The molecule has 4 saturated carbocycles. The molecule has 0 aromatic carbocycles. The van der Waals surface area contributed by atoms with Crippen LogP contribution < -0.4 is 5.32 Å². The Balaban J connectivity index is 1.27. The van der Waals surface area contributed by atoms with Gasteiger partial charge in [0.05, 0.1) is 51.2 Å². The Labute approximate surface area is 254 Å². The summed E-state index contributed by atoms with van der Waals surface area (Å²) >= 11 is 0. The van der Waals surface area contributed by atoms with Gasteiger partial charge in [-0.05, 0) is 97.7 Å². The zero-order chi connectivity index (χ0) is 31.1. The Bertz CT molecular complexity index is 1050. The summed E-state index contributed by atoms with van der Waals surface area (Å²) < 4.78 is 31.5. The lowest BCUT2D eigenvalue weighted by Gasteiger charge is -2.63. The van der Waals surface area contributed by atoms with Crippen LogP contribution in [-0.4, -0.2) is 96.5 Å². The Morgan fingerprint density at radius 2 is 1.69 bits per heavy atom. The largest absolute Gasteiger partial charge is 0.393 e. The second-order valence-electron chi connectivity index (χ2n) is 15.8. The van der Waals surface area contributed by atoms with Crippen LogP contribution in [0.1, 0.15) is 91.4 Å². The number of carbonyl (C=O) groups excluding carboxylic acids is 1. The molecule has 4 fully saturated rings. The van der Waals surface area contributed by atoms with Crippen molar-refractivity contribution in [3.05, 3.63) is 0 Å². The molecule has 5 N–H and O–H groups in total. The molecular formula is C32H59N2O7S+. The molecule has 0 aliphatic heterocycles. The number of carbonyl (C=O) groups is 1. The number of rotatable bonds is 12. The van der Waals surface area contributed by atoms with Crippen molar-refractivity contribution in [2.75, 3.05) is 39.5 Å². The summed E-state index contributed by atoms with van der Waals surface area (Å²) in [6.45, 7) is 8.87. The van der Waals surface area contributed by atoms with Crippen LogP contribution in [0, 0.1) is 46.3 Å². The average Bonchev–Trinajstić information content (AvgIpc) is 3.24. The Kier molecular flexibility index (Phi) is 10.5. The lowest BCUT2D eigenvalue weighted by molar-refractivity contribution is -0.890. The van der Waals surface area contributed by atoms with Crippen molar-refractivity contribution in [3.8, 4) is 0 Å². The fourth-order valence-electron chi connectivity index (χ4n) is 10.3. The number of fused-ring (bicyclic) bond motifs is 5. The number of quaternary nitrogens is 1. The fraction of sp³-hybridized carbons (Fsp3) is 0.969. The number of aliphatic hydroxyl groups excluding tert-OH is 3. The van der Waals surface area contributed by atoms with Crippen LogP contribution in [0.3, 0.4) is 0 Å². The summed E-state index contributed by atoms with van der Waals surface area (Å²) in [6.07, 6.45) is 7.47. The zero-order valence-corrected chi connectivity index (χ0v) is 27.5. The van der Waals surface area contributed by atoms with Gasteiger partial charge >= 0.3 is 0 Å². The predicted octanol–water partition coefficient (Wildman–Crippen LogP) is 3.22. The van der Waals surface area contributed by atoms with Crippen LogP contribution in [0.25, 0.3) is 0 Å². The topological polar surface area (TPSA) is 144 Å². The van der Waals surface area contributed by atoms with E-state index >= 15 is 0 Å². The summed E-state index contributed by atoms with van der Waals surface area (Å²) in [5.41, 5.74) is -0.185. The minimum atomic E-state index is -3.93. The van der Waals surface area contributed by atoms with Crippen LogP contribution in [0.15, 0.2) is 0 Å². The van der Waals surface area contributed by atoms with Gasteiger partial charge in [0.1, 0.15) is 0 Å². The molecule has 0 aromatic rings. The van der Waals surface area contributed by atoms with Crippen molar-refractivity contribution in [3.63, 3.8) is 0 Å². The third-order valence-corrected chi connectivity index (χ3v) is 13.6. The highest BCUT2D eigenvalue weighted by atomic mass is 32.2. The van der Waals surface area contributed by atoms with Crippen LogP contribution in [0.5, 0.6) is 0 Å². The normalized spacial score (nSPS) is 41.0. The highest BCUT2D eigenvalue weighted by Gasteiger charge is 2.65. The SMILES string of the molecule is C[C@H](CCC(=O)NCCC[N+](C)(C)CCCS(=O)(=O)O)[C@H]1CC[C@H]2[C@@H]3[C@H](O)C[C@H]4C[C@H](O)CC[C@]4(C)[C@H]3C[C@H](O)[C@]12C. The molecule has 244 valence electrons. The predicted molar refractivity (Wildman–Crippen MR) is 163 cm³/mol. The van der Waals surface area contributed by atoms with Crippen LogP contribution in [-0.2, 0) is 14.9 Å². The first-order valence-electron chi connectivity index (χ1n) is 16.6. The minimum Gasteiger partial charge on any atom is -0.393 e. The van der Waals surface area contributed by atoms with Crippen molar-refractivity contribution in [2.45, 2.75) is 110 Å². The maximum absolute atomic E-state index is 12.7. The third-order valence-electron chi connectivity index (χ3n) is 12.8. The molecular weight excluding hydrogens is 556 g/mol. The first-order chi connectivity index (χ1) is 19.5. The van der Waals surface area contributed by atoms with Gasteiger partial charge in [-0.25, -0.2) is 0 Å². The van der Waals surface area contributed by atoms with Gasteiger partial charge < -0.3 is 25.1 Å². The van der Waals surface area contributed by atoms with E-state index in [0.717, 1.165) is 64.3 Å². The van der Waals surface area contributed by atoms with Crippen molar-refractivity contribution in [1.82, 2.24) is 5.32 Å². The molecule has 11 atom stereocenters. The second kappa shape index (κ2) is 12.9. The molecule has 0 heterocycles. The molecule has 0 radical (unpaired) electrons. The second-order valence-corrected chi connectivity index (χ2v) is 17.3. The third kappa shape index (κ3) is 7.20. The summed E-state index contributed by atoms with van der Waals surface area (Å²) in [7, 11) is 0.114. The van der Waals surface area contributed by atoms with E-state index in [2.05, 4.69) is 26.1 Å². The van der Waals surface area contributed by atoms with Crippen LogP contribution >= 0.6 is 0 Å². The molecule has 0 spiro atoms. The zero-order valence-electron chi connectivity index (χ0n) is 26.7. The Hall–Kier alpha value is -0.780. The Morgan fingerprint density at radius 3 is 2.38 bits per heavy atom. The van der Waals surface area contributed by atoms with Gasteiger partial charge in [-0.15, -0.1) is 0 Å². The maximum Gasteiger partial charge on any atom is 0.265 e. The molecule has 0 aromatic heterocycles. The number of amides is 1. The van der Waals surface area contributed by atoms with Gasteiger partial charge in [0.25, 0.3) is 10.1 Å². The van der Waals surface area contributed by atoms with Crippen LogP contribution in [0.4, 0.5) is 0 Å². The van der Waals surface area contributed by atoms with Gasteiger partial charge in [0, 0.05) is 25.8 Å². The number of nitrogens with one attached hydrogen (secondary N) is 1. The average molecular weight is 616 g/mol. The van der Waals surface area contributed by atoms with Gasteiger partial charge in [-0.3, -0.25) is 9.35 Å². The van der Waals surface area contributed by atoms with Gasteiger partial charge in [0.2, 0.25) is 5.91 Å². The number of hydrogen-bond acceptors (Lipinski definition) is 6. The molecule has 0 unspecified atom stereocenters. The standard InChI is InChI=1S/C32H58N2O7S/c1-21(8-11-29(38)33-14-6-15-34(4,5)16-7-17-42(39,40)41)24-9-10-25-30-26(20-28(37)32(24,25)3)31(2)13-12-23(35)18-22(31)19-27(30)36/h21-28,30,35-37H,6-20H2,1-5H3,(H-,33,38,39,40,41)/p+1/t21-,22-,23-,24-,25+,26+,27-,28+,30+,31+,32-/m1/s1. The lowest BCUT2D eigenvalue weighted by Crippen LogP contribution is -2.62. The fourth-order valence-corrected chi connectivity index (χ4v) is 10.8. The van der Waals surface area contributed by atoms with Gasteiger partial charge in [-0.2, -0.15) is 8.42 Å². The number of hydrogen-bond donors (Lipinski definition) is 5. The van der Waals surface area contributed by atoms with E-state index < -0.39 is 16.2 Å². The first-order valence-corrected chi connectivity index (χ1v) is 18.2. The molecule has 42 heavy (non-hydrogen) atoms. The van der Waals surface area contributed by atoms with Gasteiger partial charge in [0.15, 0.2) is 0 Å². The summed E-state index contributed by atoms with van der Waals surface area (Å²) in [5.74, 6) is 1.52. The highest BCUT2D eigenvalue weighted by molar-refractivity contribution is 7.85. The van der Waals surface area contributed by atoms with Crippen molar-refractivity contribution in [1.29, 1.82) is 0 Å². The van der Waals surface area contributed by atoms with Crippen LogP contribution in [0.2, 0.25) is 0 Å². The van der Waals surface area contributed by atoms with E-state index in [1.165, 1.54) is 0 Å². The molecule has 4 aliphatic rings. The molecule has 1 amide bonds. The number of nitrogens with zero attached hydrogens (tertiary/aromatic N) is 1. The van der Waals surface area contributed by atoms with E-state index in [1.54, 1.807) is 0 Å².